The van der Waals surface area contributed by atoms with Gasteiger partial charge in [-0.2, -0.15) is 5.10 Å². The van der Waals surface area contributed by atoms with Gasteiger partial charge < -0.3 is 131 Å². The first-order valence-electron chi connectivity index (χ1n) is 50.2. The van der Waals surface area contributed by atoms with Crippen molar-refractivity contribution in [3.05, 3.63) is 53.6 Å². The first kappa shape index (κ1) is 113. The molecule has 139 heavy (non-hydrogen) atoms. The number of hydrogen-bond donors (Lipinski definition) is 12. The molecule has 778 valence electrons. The molecule has 6 fully saturated rings. The molecule has 1 aromatic carbocycles. The molecule has 10 amide bonds. The summed E-state index contributed by atoms with van der Waals surface area (Å²) < 4.78 is 76.7. The van der Waals surface area contributed by atoms with E-state index in [0.717, 1.165) is 74.4 Å². The van der Waals surface area contributed by atoms with Crippen LogP contribution in [-0.2, 0) is 107 Å². The predicted octanol–water partition coefficient (Wildman–Crippen LogP) is 6.22. The van der Waals surface area contributed by atoms with E-state index in [4.69, 9.17) is 78.1 Å². The number of hydrazone groups is 1. The van der Waals surface area contributed by atoms with Crippen molar-refractivity contribution in [3.8, 4) is 11.8 Å². The van der Waals surface area contributed by atoms with Gasteiger partial charge in [-0.15, -0.1) is 11.8 Å². The van der Waals surface area contributed by atoms with Gasteiger partial charge in [-0.05, 0) is 155 Å². The van der Waals surface area contributed by atoms with E-state index < -0.39 is 119 Å². The predicted molar refractivity (Wildman–Crippen MR) is 517 cm³/mol. The first-order valence-corrected chi connectivity index (χ1v) is 50.2. The number of ketones is 2. The molecule has 0 aromatic heterocycles. The number of nitrogens with one attached hydrogen (secondary N) is 9. The summed E-state index contributed by atoms with van der Waals surface area (Å²) in [7, 11) is 6.21. The van der Waals surface area contributed by atoms with Crippen LogP contribution < -0.4 is 59.4 Å². The quantitative estimate of drug-likeness (QED) is 0.0113. The van der Waals surface area contributed by atoms with E-state index >= 15 is 0 Å². The zero-order valence-corrected chi connectivity index (χ0v) is 83.7. The minimum atomic E-state index is -1.46. The molecule has 14 N–H and O–H groups in total. The molecule has 0 bridgehead atoms. The molecule has 1 heterocycles. The Kier molecular flexibility index (Phi) is 46.7. The number of carbonyl (C=O) groups is 11. The van der Waals surface area contributed by atoms with Gasteiger partial charge in [0.1, 0.15) is 43.2 Å². The van der Waals surface area contributed by atoms with Crippen LogP contribution in [0.5, 0.6) is 0 Å². The Morgan fingerprint density at radius 2 is 1.24 bits per heavy atom. The second-order valence-electron chi connectivity index (χ2n) is 39.6. The molecule has 39 nitrogen and oxygen atoms in total. The van der Waals surface area contributed by atoms with Crippen molar-refractivity contribution < 1.29 is 124 Å². The minimum Gasteiger partial charge on any atom is -0.449 e. The maximum absolute atomic E-state index is 14.9. The molecule has 1 aromatic rings. The molecule has 7 aliphatic carbocycles. The molecular weight excluding hydrogens is 1800 g/mol. The van der Waals surface area contributed by atoms with E-state index in [9.17, 15) is 57.8 Å². The molecule has 5 saturated carbocycles. The number of ether oxygens (including phenoxy) is 13. The molecule has 1 saturated heterocycles. The Hall–Kier alpha value is -9.15. The Morgan fingerprint density at radius 1 is 0.633 bits per heavy atom. The van der Waals surface area contributed by atoms with Gasteiger partial charge >= 0.3 is 18.2 Å². The Bertz CT molecular complexity index is 4330. The van der Waals surface area contributed by atoms with Crippen molar-refractivity contribution >= 4 is 82.3 Å². The number of carbonyl (C=O) groups excluding carboxylic acids is 11. The number of benzene rings is 1. The van der Waals surface area contributed by atoms with Crippen LogP contribution in [0.4, 0.5) is 20.1 Å². The summed E-state index contributed by atoms with van der Waals surface area (Å²) in [5, 5.41) is 41.2. The van der Waals surface area contributed by atoms with E-state index in [2.05, 4.69) is 107 Å². The number of allylic oxidation sites excluding steroid dienone is 4. The Balaban J connectivity index is 0.719. The number of aliphatic hydroxyl groups is 1. The van der Waals surface area contributed by atoms with E-state index in [1.165, 1.54) is 0 Å². The van der Waals surface area contributed by atoms with Crippen LogP contribution in [0.1, 0.15) is 195 Å². The summed E-state index contributed by atoms with van der Waals surface area (Å²) in [6.45, 7) is 20.4. The number of fused-ring (bicyclic) bond motifs is 8. The number of hydrogen-bond acceptors (Lipinski definition) is 28. The number of nitrogens with two attached hydrogens (primary N) is 2. The lowest BCUT2D eigenvalue weighted by atomic mass is 9.46. The van der Waals surface area contributed by atoms with Crippen LogP contribution in [0.3, 0.4) is 0 Å². The Morgan fingerprint density at radius 3 is 1.87 bits per heavy atom. The normalized spacial score (nSPS) is 26.3. The Labute approximate surface area is 819 Å². The van der Waals surface area contributed by atoms with E-state index in [0.29, 0.717) is 166 Å². The lowest BCUT2D eigenvalue weighted by Gasteiger charge is -2.59. The third-order valence-corrected chi connectivity index (χ3v) is 28.6. The van der Waals surface area contributed by atoms with Crippen molar-refractivity contribution in [1.82, 2.24) is 42.5 Å². The highest BCUT2D eigenvalue weighted by Crippen LogP contribution is 2.74. The maximum atomic E-state index is 14.9. The summed E-state index contributed by atoms with van der Waals surface area (Å²) in [4.78, 5) is 153. The summed E-state index contributed by atoms with van der Waals surface area (Å²) in [5.74, 6) is 8.45. The van der Waals surface area contributed by atoms with Gasteiger partial charge in [-0.25, -0.2) is 14.4 Å². The maximum Gasteiger partial charge on any atom is 0.407 e. The van der Waals surface area contributed by atoms with Crippen LogP contribution in [-0.4, -0.2) is 320 Å². The van der Waals surface area contributed by atoms with Crippen LogP contribution in [0.2, 0.25) is 0 Å². The van der Waals surface area contributed by atoms with Crippen LogP contribution >= 0.6 is 0 Å². The SMILES string of the molecule is CCCC1O[C@@H]2CC3[C@@H]4CCC5=CC(=O)C=C[C@]5(C)C4[C@@H](O)C[C@]3(C)[C@]2(C(=O)CNC(=O)OCc2ccc(NC(=O)[C@H](CCCNC(N)=O)NC(=O)[C@@H](NC(=O)[C@@H](CCCCNC(=O)COC3CCCCCC(=NCCOCCOCCOCCOCCC(=O)NCC[N+](C)(C)C)C3=NN)NC(=O)CCOCCOCCOCCOCCNC(=O)OCC3[C@]4(C)CCC#CCC[C@]34C)C(C)C)cc2)O1. The summed E-state index contributed by atoms with van der Waals surface area (Å²) >= 11 is 0. The molecule has 5 unspecified atom stereocenters. The van der Waals surface area contributed by atoms with Crippen LogP contribution in [0.15, 0.2) is 58.2 Å². The fourth-order valence-electron chi connectivity index (χ4n) is 20.8. The lowest BCUT2D eigenvalue weighted by Crippen LogP contribution is -2.64. The van der Waals surface area contributed by atoms with Gasteiger partial charge in [0, 0.05) is 73.7 Å². The van der Waals surface area contributed by atoms with Crippen molar-refractivity contribution in [2.45, 2.75) is 245 Å². The number of quaternary nitrogens is 1. The fourth-order valence-corrected chi connectivity index (χ4v) is 20.8. The third-order valence-electron chi connectivity index (χ3n) is 28.6. The van der Waals surface area contributed by atoms with E-state index in [1.54, 1.807) is 50.3 Å². The number of unbranched alkanes of at least 4 members (excludes halogenated alkanes) is 1. The molecule has 9 rings (SSSR count). The number of Topliss-reactive ketones (excluding diaryl/α,β-unsaturated/α-hetero) is 1. The molecular formula is C100H159N14O25+. The average molecular weight is 1960 g/mol. The second kappa shape index (κ2) is 57.2. The molecule has 16 atom stereocenters. The van der Waals surface area contributed by atoms with Gasteiger partial charge in [-0.3, -0.25) is 43.3 Å². The first-order chi connectivity index (χ1) is 66.7. The highest BCUT2D eigenvalue weighted by Gasteiger charge is 2.76. The number of nitrogens with zero attached hydrogens (tertiary/aromatic N) is 3. The van der Waals surface area contributed by atoms with Gasteiger partial charge in [0.25, 0.3) is 0 Å². The largest absolute Gasteiger partial charge is 0.449 e. The monoisotopic (exact) mass is 1960 g/mol. The number of aliphatic imine (C=N–C) groups is 1. The number of amides is 10. The van der Waals surface area contributed by atoms with Crippen molar-refractivity contribution in [1.29, 1.82) is 0 Å². The highest BCUT2D eigenvalue weighted by atomic mass is 16.7. The summed E-state index contributed by atoms with van der Waals surface area (Å²) in [6, 6.07) is 1.89. The van der Waals surface area contributed by atoms with Crippen LogP contribution in [0.25, 0.3) is 0 Å². The minimum absolute atomic E-state index is 0.00144. The molecule has 39 heteroatoms. The highest BCUT2D eigenvalue weighted by molar-refractivity contribution is 6.44. The lowest BCUT2D eigenvalue weighted by molar-refractivity contribution is -0.869. The number of alkyl carbamates (subject to hydrolysis) is 2. The third kappa shape index (κ3) is 34.3. The van der Waals surface area contributed by atoms with E-state index in [1.807, 2.05) is 19.9 Å². The summed E-state index contributed by atoms with van der Waals surface area (Å²) in [6.07, 6.45) is 13.2. The number of urea groups is 1. The van der Waals surface area contributed by atoms with Gasteiger partial charge in [-0.1, -0.05) is 91.5 Å². The number of aliphatic hydroxyl groups excluding tert-OH is 1. The van der Waals surface area contributed by atoms with Crippen molar-refractivity contribution in [2.75, 3.05) is 191 Å². The van der Waals surface area contributed by atoms with Crippen molar-refractivity contribution in [2.24, 2.45) is 72.9 Å². The topological polar surface area (TPSA) is 513 Å². The molecule has 8 aliphatic rings. The average Bonchev–Trinajstić information content (AvgIpc) is 1.54. The van der Waals surface area contributed by atoms with E-state index in [-0.39, 0.29) is 151 Å². The molecule has 0 spiro atoms. The van der Waals surface area contributed by atoms with Crippen molar-refractivity contribution in [3.63, 3.8) is 0 Å². The van der Waals surface area contributed by atoms with Gasteiger partial charge in [0.15, 0.2) is 23.5 Å². The number of rotatable bonds is 62. The number of anilines is 1. The standard InChI is InChI=1S/C100H158N14O25/c1-11-22-86-138-82-62-74-73-32-29-70-61-72(115)33-38-96(70,4)87(73)78(116)63-99(74,7)100(82,139-86)81(117)64-108-95(126)136-65-69-27-30-71(31-28-69)109-90(121)77(25-21-40-106-93(101)124)111-92(123)88(68(2)3)112-91(122)76(110-84(119)35-46-128-50-54-132-58-60-134-56-52-130-48-43-107-94(125)137-66-80-97(5)36-18-12-13-19-37-98(80,97)6)24-17-20-39-104-85(120)67-135-79-26-16-14-15-23-75(89(79)113-102)103-42-47-129-51-55-133-59-57-131-53-49-127-45-34-83(118)105-41-44-114(8,9)10/h27-28,30-31,33,38,61,68,73-74,76-80,82,86-88,116H,11,14-26,29,32,34-37,39-60,62-67H2,1-10H3,(H12-,101,102,103,104,105,106,107,108,109,110,111,112,118,119,120,121,122,123,124,125,126)/p+1/t73-,74?,76+,77-,78-,79?,80?,82+,86?,87?,88-,96-,97-,98+,99-,100+/m0/s1. The molecule has 0 radical (unpaired) electrons. The van der Waals surface area contributed by atoms with Crippen LogP contribution in [0, 0.1) is 63.1 Å². The smallest absolute Gasteiger partial charge is 0.407 e. The zero-order chi connectivity index (χ0) is 100. The number of primary amides is 1. The zero-order valence-electron chi connectivity index (χ0n) is 83.7. The van der Waals surface area contributed by atoms with Gasteiger partial charge in [0.05, 0.1) is 178 Å². The molecule has 1 aliphatic heterocycles. The second-order valence-corrected chi connectivity index (χ2v) is 39.6. The fraction of sp³-hybridized carbons (Fsp3) is 0.750. The van der Waals surface area contributed by atoms with Gasteiger partial charge in [0.2, 0.25) is 35.4 Å². The summed E-state index contributed by atoms with van der Waals surface area (Å²) in [5.41, 5.74) is 5.76. The number of likely N-dealkylation sites (N-methyl/N-ethyl adjacent to an activating group) is 1.